The van der Waals surface area contributed by atoms with Crippen molar-refractivity contribution in [1.29, 1.82) is 0 Å². The first kappa shape index (κ1) is 16.4. The lowest BCUT2D eigenvalue weighted by Crippen LogP contribution is -2.43. The van der Waals surface area contributed by atoms with E-state index in [-0.39, 0.29) is 18.4 Å². The molecule has 25 heavy (non-hydrogen) atoms. The fourth-order valence-corrected chi connectivity index (χ4v) is 3.68. The van der Waals surface area contributed by atoms with Gasteiger partial charge in [0.25, 0.3) is 11.8 Å². The van der Waals surface area contributed by atoms with Crippen molar-refractivity contribution in [3.05, 3.63) is 29.8 Å². The maximum Gasteiger partial charge on any atom is 0.261 e. The highest BCUT2D eigenvalue weighted by Crippen LogP contribution is 2.34. The smallest absolute Gasteiger partial charge is 0.261 e. The number of hydrogen-bond acceptors (Lipinski definition) is 3. The quantitative estimate of drug-likeness (QED) is 0.829. The van der Waals surface area contributed by atoms with Gasteiger partial charge < -0.3 is 15.0 Å². The molecular weight excluding hydrogens is 316 g/mol. The third kappa shape index (κ3) is 4.14. The number of hydrogen-bond donors (Lipinski definition) is 1. The van der Waals surface area contributed by atoms with Crippen molar-refractivity contribution in [3.63, 3.8) is 0 Å². The SMILES string of the molecule is O=C(NC1CC1)c1cccc(OCC(=O)N(C2CCCC2)C2CC2)c1. The monoisotopic (exact) mass is 342 g/mol. The van der Waals surface area contributed by atoms with Gasteiger partial charge in [-0.2, -0.15) is 0 Å². The van der Waals surface area contributed by atoms with Gasteiger partial charge in [-0.05, 0) is 56.7 Å². The van der Waals surface area contributed by atoms with Crippen molar-refractivity contribution in [2.75, 3.05) is 6.61 Å². The summed E-state index contributed by atoms with van der Waals surface area (Å²) in [4.78, 5) is 26.9. The summed E-state index contributed by atoms with van der Waals surface area (Å²) in [6.45, 7) is 0.0562. The molecule has 0 atom stereocenters. The fourth-order valence-electron chi connectivity index (χ4n) is 3.68. The van der Waals surface area contributed by atoms with Crippen molar-refractivity contribution in [1.82, 2.24) is 10.2 Å². The van der Waals surface area contributed by atoms with Gasteiger partial charge in [-0.3, -0.25) is 9.59 Å². The van der Waals surface area contributed by atoms with Crippen molar-refractivity contribution < 1.29 is 14.3 Å². The molecule has 0 aromatic heterocycles. The number of benzene rings is 1. The highest BCUT2D eigenvalue weighted by Gasteiger charge is 2.38. The Hall–Kier alpha value is -2.04. The second kappa shape index (κ2) is 7.06. The maximum atomic E-state index is 12.7. The topological polar surface area (TPSA) is 58.6 Å². The predicted octanol–water partition coefficient (Wildman–Crippen LogP) is 2.89. The Morgan fingerprint density at radius 2 is 1.76 bits per heavy atom. The highest BCUT2D eigenvalue weighted by molar-refractivity contribution is 5.95. The van der Waals surface area contributed by atoms with Crippen molar-refractivity contribution >= 4 is 11.8 Å². The fraction of sp³-hybridized carbons (Fsp3) is 0.600. The third-order valence-corrected chi connectivity index (χ3v) is 5.32. The van der Waals surface area contributed by atoms with E-state index in [1.54, 1.807) is 24.3 Å². The average molecular weight is 342 g/mol. The molecule has 2 amide bonds. The Kier molecular flexibility index (Phi) is 4.64. The van der Waals surface area contributed by atoms with Gasteiger partial charge in [0.05, 0.1) is 0 Å². The van der Waals surface area contributed by atoms with E-state index in [0.29, 0.717) is 29.4 Å². The first-order valence-electron chi connectivity index (χ1n) is 9.55. The number of rotatable bonds is 7. The average Bonchev–Trinajstić information content (AvgIpc) is 3.55. The van der Waals surface area contributed by atoms with Crippen LogP contribution in [0.5, 0.6) is 5.75 Å². The molecule has 3 aliphatic rings. The Morgan fingerprint density at radius 1 is 1.04 bits per heavy atom. The number of nitrogens with zero attached hydrogens (tertiary/aromatic N) is 1. The van der Waals surface area contributed by atoms with Crippen LogP contribution in [-0.4, -0.2) is 41.4 Å². The van der Waals surface area contributed by atoms with Crippen LogP contribution >= 0.6 is 0 Å². The normalized spacial score (nSPS) is 20.3. The van der Waals surface area contributed by atoms with Crippen LogP contribution in [-0.2, 0) is 4.79 Å². The molecule has 1 N–H and O–H groups in total. The van der Waals surface area contributed by atoms with Crippen LogP contribution in [0.25, 0.3) is 0 Å². The van der Waals surface area contributed by atoms with E-state index in [2.05, 4.69) is 10.2 Å². The van der Waals surface area contributed by atoms with E-state index in [4.69, 9.17) is 4.74 Å². The lowest BCUT2D eigenvalue weighted by molar-refractivity contribution is -0.136. The minimum Gasteiger partial charge on any atom is -0.484 e. The molecule has 0 unspecified atom stereocenters. The maximum absolute atomic E-state index is 12.7. The van der Waals surface area contributed by atoms with Crippen LogP contribution in [0, 0.1) is 0 Å². The first-order chi connectivity index (χ1) is 12.2. The molecule has 3 saturated carbocycles. The summed E-state index contributed by atoms with van der Waals surface area (Å²) in [6.07, 6.45) is 9.07. The van der Waals surface area contributed by atoms with Gasteiger partial charge >= 0.3 is 0 Å². The number of nitrogens with one attached hydrogen (secondary N) is 1. The van der Waals surface area contributed by atoms with Crippen LogP contribution in [0.2, 0.25) is 0 Å². The summed E-state index contributed by atoms with van der Waals surface area (Å²) in [5.74, 6) is 0.603. The molecule has 5 heteroatoms. The van der Waals surface area contributed by atoms with Crippen LogP contribution in [0.4, 0.5) is 0 Å². The van der Waals surface area contributed by atoms with Crippen molar-refractivity contribution in [2.45, 2.75) is 69.5 Å². The number of carbonyl (C=O) groups excluding carboxylic acids is 2. The lowest BCUT2D eigenvalue weighted by atomic mass is 10.2. The van der Waals surface area contributed by atoms with Gasteiger partial charge in [-0.15, -0.1) is 0 Å². The van der Waals surface area contributed by atoms with Crippen molar-refractivity contribution in [3.8, 4) is 5.75 Å². The molecular formula is C20H26N2O3. The highest BCUT2D eigenvalue weighted by atomic mass is 16.5. The molecule has 0 heterocycles. The van der Waals surface area contributed by atoms with Gasteiger partial charge in [0.15, 0.2) is 6.61 Å². The van der Waals surface area contributed by atoms with Crippen molar-refractivity contribution in [2.24, 2.45) is 0 Å². The van der Waals surface area contributed by atoms with Crippen LogP contribution in [0.3, 0.4) is 0 Å². The molecule has 1 aromatic carbocycles. The summed E-state index contributed by atoms with van der Waals surface area (Å²) < 4.78 is 5.73. The zero-order valence-electron chi connectivity index (χ0n) is 14.6. The van der Waals surface area contributed by atoms with E-state index < -0.39 is 0 Å². The van der Waals surface area contributed by atoms with Crippen LogP contribution in [0.15, 0.2) is 24.3 Å². The molecule has 3 fully saturated rings. The van der Waals surface area contributed by atoms with Gasteiger partial charge in [0, 0.05) is 23.7 Å². The summed E-state index contributed by atoms with van der Waals surface area (Å²) in [5, 5.41) is 2.97. The van der Waals surface area contributed by atoms with E-state index >= 15 is 0 Å². The van der Waals surface area contributed by atoms with Crippen LogP contribution < -0.4 is 10.1 Å². The van der Waals surface area contributed by atoms with Gasteiger partial charge in [0.2, 0.25) is 0 Å². The lowest BCUT2D eigenvalue weighted by Gasteiger charge is -2.29. The Labute approximate surface area is 148 Å². The Morgan fingerprint density at radius 3 is 2.44 bits per heavy atom. The molecule has 0 bridgehead atoms. The van der Waals surface area contributed by atoms with Gasteiger partial charge in [-0.25, -0.2) is 0 Å². The Balaban J connectivity index is 1.35. The summed E-state index contributed by atoms with van der Waals surface area (Å²) in [6, 6.07) is 8.27. The van der Waals surface area contributed by atoms with E-state index in [1.165, 1.54) is 12.8 Å². The molecule has 3 aliphatic carbocycles. The van der Waals surface area contributed by atoms with Gasteiger partial charge in [-0.1, -0.05) is 18.9 Å². The molecule has 1 aromatic rings. The zero-order chi connectivity index (χ0) is 17.2. The molecule has 4 rings (SSSR count). The molecule has 0 aliphatic heterocycles. The molecule has 0 saturated heterocycles. The number of carbonyl (C=O) groups is 2. The van der Waals surface area contributed by atoms with Crippen LogP contribution in [0.1, 0.15) is 61.7 Å². The molecule has 134 valence electrons. The standard InChI is InChI=1S/C20H26N2O3/c23-19(22(17-10-11-17)16-5-1-2-6-16)13-25-18-7-3-4-14(12-18)20(24)21-15-8-9-15/h3-4,7,12,15-17H,1-2,5-6,8-11,13H2,(H,21,24). The second-order valence-electron chi connectivity index (χ2n) is 7.53. The second-order valence-corrected chi connectivity index (χ2v) is 7.53. The molecule has 0 radical (unpaired) electrons. The first-order valence-corrected chi connectivity index (χ1v) is 9.55. The van der Waals surface area contributed by atoms with Gasteiger partial charge in [0.1, 0.15) is 5.75 Å². The summed E-state index contributed by atoms with van der Waals surface area (Å²) in [5.41, 5.74) is 0.590. The van der Waals surface area contributed by atoms with E-state index in [1.807, 2.05) is 0 Å². The number of ether oxygens (including phenoxy) is 1. The predicted molar refractivity (Wildman–Crippen MR) is 94.5 cm³/mol. The molecule has 0 spiro atoms. The largest absolute Gasteiger partial charge is 0.484 e. The Bertz CT molecular complexity index is 646. The van der Waals surface area contributed by atoms with E-state index in [0.717, 1.165) is 38.5 Å². The minimum atomic E-state index is -0.0650. The summed E-state index contributed by atoms with van der Waals surface area (Å²) in [7, 11) is 0. The number of amides is 2. The molecule has 5 nitrogen and oxygen atoms in total. The minimum absolute atomic E-state index is 0.0562. The van der Waals surface area contributed by atoms with E-state index in [9.17, 15) is 9.59 Å². The third-order valence-electron chi connectivity index (χ3n) is 5.32. The zero-order valence-corrected chi connectivity index (χ0v) is 14.6. The summed E-state index contributed by atoms with van der Waals surface area (Å²) >= 11 is 0.